The van der Waals surface area contributed by atoms with Crippen molar-refractivity contribution in [3.63, 3.8) is 0 Å². The van der Waals surface area contributed by atoms with Gasteiger partial charge in [0.2, 0.25) is 5.91 Å². The lowest BCUT2D eigenvalue weighted by atomic mass is 9.68. The van der Waals surface area contributed by atoms with Gasteiger partial charge in [-0.2, -0.15) is 0 Å². The molecule has 146 valence electrons. The maximum absolute atomic E-state index is 13.5. The van der Waals surface area contributed by atoms with E-state index in [4.69, 9.17) is 16.3 Å². The Morgan fingerprint density at radius 2 is 1.81 bits per heavy atom. The molecule has 4 nitrogen and oxygen atoms in total. The predicted molar refractivity (Wildman–Crippen MR) is 108 cm³/mol. The summed E-state index contributed by atoms with van der Waals surface area (Å²) in [4.78, 5) is 28.3. The molecule has 0 radical (unpaired) electrons. The highest BCUT2D eigenvalue weighted by atomic mass is 35.5. The van der Waals surface area contributed by atoms with E-state index >= 15 is 0 Å². The smallest absolute Gasteiger partial charge is 0.312 e. The van der Waals surface area contributed by atoms with Gasteiger partial charge in [-0.05, 0) is 54.5 Å². The molecule has 0 N–H and O–H groups in total. The van der Waals surface area contributed by atoms with E-state index in [0.29, 0.717) is 11.6 Å². The number of hydrogen-bond acceptors (Lipinski definition) is 3. The van der Waals surface area contributed by atoms with Gasteiger partial charge >= 0.3 is 5.97 Å². The standard InChI is InChI=1S/C22H28ClNO3/c1-6-27-22(26)19-18-16(12(2)3)11-17(13(4)5)20(19)24(21(18)25)15-9-7-14(23)8-10-15/h7-13,16,18-20H,6H2,1-5H3. The summed E-state index contributed by atoms with van der Waals surface area (Å²) in [6.07, 6.45) is 2.24. The molecular formula is C22H28ClNO3. The molecule has 1 saturated heterocycles. The Hall–Kier alpha value is -1.81. The fourth-order valence-electron chi connectivity index (χ4n) is 4.54. The van der Waals surface area contributed by atoms with Crippen LogP contribution in [0.25, 0.3) is 0 Å². The van der Waals surface area contributed by atoms with Crippen molar-refractivity contribution in [1.82, 2.24) is 0 Å². The number of nitrogens with zero attached hydrogens (tertiary/aromatic N) is 1. The molecule has 27 heavy (non-hydrogen) atoms. The van der Waals surface area contributed by atoms with Crippen LogP contribution < -0.4 is 4.90 Å². The van der Waals surface area contributed by atoms with Crippen molar-refractivity contribution < 1.29 is 14.3 Å². The van der Waals surface area contributed by atoms with Crippen LogP contribution in [0, 0.1) is 29.6 Å². The van der Waals surface area contributed by atoms with Gasteiger partial charge in [-0.3, -0.25) is 9.59 Å². The van der Waals surface area contributed by atoms with Gasteiger partial charge in [0, 0.05) is 10.7 Å². The SMILES string of the molecule is CCOC(=O)C1C2C(=O)N(c3ccc(Cl)cc3)C1C(C(C)C)=CC2C(C)C. The van der Waals surface area contributed by atoms with E-state index in [9.17, 15) is 9.59 Å². The van der Waals surface area contributed by atoms with Crippen LogP contribution in [0.1, 0.15) is 34.6 Å². The molecule has 1 aromatic rings. The van der Waals surface area contributed by atoms with Crippen LogP contribution in [0.5, 0.6) is 0 Å². The van der Waals surface area contributed by atoms with Crippen molar-refractivity contribution in [2.75, 3.05) is 11.5 Å². The number of rotatable bonds is 5. The monoisotopic (exact) mass is 389 g/mol. The second kappa shape index (κ2) is 7.67. The lowest BCUT2D eigenvalue weighted by Gasteiger charge is -2.37. The lowest BCUT2D eigenvalue weighted by molar-refractivity contribution is -0.151. The van der Waals surface area contributed by atoms with Gasteiger partial charge in [0.25, 0.3) is 0 Å². The molecule has 0 aromatic heterocycles. The van der Waals surface area contributed by atoms with E-state index in [2.05, 4.69) is 33.8 Å². The molecule has 1 aliphatic carbocycles. The lowest BCUT2D eigenvalue weighted by Crippen LogP contribution is -2.43. The number of carbonyl (C=O) groups excluding carboxylic acids is 2. The van der Waals surface area contributed by atoms with Gasteiger partial charge in [0.05, 0.1) is 24.5 Å². The minimum absolute atomic E-state index is 0.00553. The summed E-state index contributed by atoms with van der Waals surface area (Å²) in [5.74, 6) is -0.598. The summed E-state index contributed by atoms with van der Waals surface area (Å²) in [6, 6.07) is 6.98. The number of esters is 1. The largest absolute Gasteiger partial charge is 0.466 e. The van der Waals surface area contributed by atoms with Gasteiger partial charge in [0.1, 0.15) is 0 Å². The Morgan fingerprint density at radius 1 is 1.19 bits per heavy atom. The number of amides is 1. The zero-order chi connectivity index (χ0) is 19.9. The van der Waals surface area contributed by atoms with E-state index in [0.717, 1.165) is 11.3 Å². The molecule has 1 heterocycles. The number of anilines is 1. The highest BCUT2D eigenvalue weighted by Gasteiger charge is 2.59. The number of ether oxygens (including phenoxy) is 1. The first-order valence-corrected chi connectivity index (χ1v) is 10.1. The molecule has 1 aliphatic heterocycles. The van der Waals surface area contributed by atoms with E-state index in [1.807, 2.05) is 12.1 Å². The summed E-state index contributed by atoms with van der Waals surface area (Å²) in [6.45, 7) is 10.6. The van der Waals surface area contributed by atoms with Crippen molar-refractivity contribution >= 4 is 29.2 Å². The Morgan fingerprint density at radius 3 is 2.33 bits per heavy atom. The van der Waals surface area contributed by atoms with Crippen LogP contribution in [0.15, 0.2) is 35.9 Å². The van der Waals surface area contributed by atoms with Crippen LogP contribution in [0.3, 0.4) is 0 Å². The number of allylic oxidation sites excluding steroid dienone is 1. The van der Waals surface area contributed by atoms with Crippen LogP contribution in [-0.2, 0) is 14.3 Å². The zero-order valence-electron chi connectivity index (χ0n) is 16.6. The van der Waals surface area contributed by atoms with Gasteiger partial charge in [-0.1, -0.05) is 45.4 Å². The van der Waals surface area contributed by atoms with Gasteiger partial charge < -0.3 is 9.64 Å². The molecule has 1 aromatic carbocycles. The van der Waals surface area contributed by atoms with E-state index in [-0.39, 0.29) is 41.6 Å². The molecule has 5 heteroatoms. The van der Waals surface area contributed by atoms with Crippen molar-refractivity contribution in [2.24, 2.45) is 29.6 Å². The van der Waals surface area contributed by atoms with Gasteiger partial charge in [0.15, 0.2) is 0 Å². The summed E-state index contributed by atoms with van der Waals surface area (Å²) < 4.78 is 5.40. The fourth-order valence-corrected chi connectivity index (χ4v) is 4.66. The number of benzene rings is 1. The third-order valence-corrected chi connectivity index (χ3v) is 6.02. The van der Waals surface area contributed by atoms with Crippen LogP contribution >= 0.6 is 11.6 Å². The number of hydrogen-bond donors (Lipinski definition) is 0. The quantitative estimate of drug-likeness (QED) is 0.540. The van der Waals surface area contributed by atoms with Gasteiger partial charge in [-0.25, -0.2) is 0 Å². The predicted octanol–water partition coefficient (Wildman–Crippen LogP) is 4.72. The number of fused-ring (bicyclic) bond motifs is 2. The molecule has 2 bridgehead atoms. The highest BCUT2D eigenvalue weighted by molar-refractivity contribution is 6.30. The Kier molecular flexibility index (Phi) is 5.66. The van der Waals surface area contributed by atoms with E-state index in [1.54, 1.807) is 24.0 Å². The first kappa shape index (κ1) is 19.9. The molecule has 2 aliphatic rings. The maximum Gasteiger partial charge on any atom is 0.312 e. The minimum atomic E-state index is -0.470. The zero-order valence-corrected chi connectivity index (χ0v) is 17.4. The van der Waals surface area contributed by atoms with Crippen molar-refractivity contribution in [1.29, 1.82) is 0 Å². The fraction of sp³-hybridized carbons (Fsp3) is 0.545. The second-order valence-electron chi connectivity index (χ2n) is 8.08. The Balaban J connectivity index is 2.16. The number of halogens is 1. The van der Waals surface area contributed by atoms with Crippen LogP contribution in [0.2, 0.25) is 5.02 Å². The van der Waals surface area contributed by atoms with Crippen molar-refractivity contribution in [3.05, 3.63) is 40.9 Å². The van der Waals surface area contributed by atoms with E-state index in [1.165, 1.54) is 0 Å². The third kappa shape index (κ3) is 3.40. The van der Waals surface area contributed by atoms with Gasteiger partial charge in [-0.15, -0.1) is 0 Å². The Bertz CT molecular complexity index is 753. The first-order valence-electron chi connectivity index (χ1n) is 9.74. The van der Waals surface area contributed by atoms with Crippen LogP contribution in [-0.4, -0.2) is 24.5 Å². The molecule has 4 atom stereocenters. The Labute approximate surface area is 166 Å². The molecule has 1 fully saturated rings. The average molecular weight is 390 g/mol. The first-order chi connectivity index (χ1) is 12.8. The molecule has 4 unspecified atom stereocenters. The van der Waals surface area contributed by atoms with E-state index < -0.39 is 5.92 Å². The molecule has 3 rings (SSSR count). The second-order valence-corrected chi connectivity index (χ2v) is 8.51. The number of carbonyl (C=O) groups is 2. The van der Waals surface area contributed by atoms with Crippen molar-refractivity contribution in [2.45, 2.75) is 40.7 Å². The molecule has 0 spiro atoms. The molecule has 1 amide bonds. The maximum atomic E-state index is 13.5. The summed E-state index contributed by atoms with van der Waals surface area (Å²) in [5, 5.41) is 0.620. The highest BCUT2D eigenvalue weighted by Crippen LogP contribution is 2.50. The molecule has 0 saturated carbocycles. The molecular weight excluding hydrogens is 362 g/mol. The third-order valence-electron chi connectivity index (χ3n) is 5.77. The summed E-state index contributed by atoms with van der Waals surface area (Å²) in [7, 11) is 0. The normalized spacial score (nSPS) is 27.3. The van der Waals surface area contributed by atoms with Crippen molar-refractivity contribution in [3.8, 4) is 0 Å². The average Bonchev–Trinajstić information content (AvgIpc) is 2.82. The summed E-state index contributed by atoms with van der Waals surface area (Å²) >= 11 is 6.04. The van der Waals surface area contributed by atoms with Crippen LogP contribution in [0.4, 0.5) is 5.69 Å². The summed E-state index contributed by atoms with van der Waals surface area (Å²) in [5.41, 5.74) is 1.92. The topological polar surface area (TPSA) is 46.6 Å². The minimum Gasteiger partial charge on any atom is -0.466 e.